The third-order valence-corrected chi connectivity index (χ3v) is 4.04. The summed E-state index contributed by atoms with van der Waals surface area (Å²) < 4.78 is 7.20. The van der Waals surface area contributed by atoms with Crippen LogP contribution >= 0.6 is 0 Å². The maximum absolute atomic E-state index is 11.7. The summed E-state index contributed by atoms with van der Waals surface area (Å²) in [4.78, 5) is 34.0. The minimum atomic E-state index is -1.12. The number of carbonyl (C=O) groups is 3. The van der Waals surface area contributed by atoms with E-state index in [0.29, 0.717) is 12.3 Å². The Bertz CT molecular complexity index is 1090. The normalized spacial score (nSPS) is 15.5. The zero-order valence-electron chi connectivity index (χ0n) is 13.4. The van der Waals surface area contributed by atoms with Crippen molar-refractivity contribution in [2.75, 3.05) is 0 Å². The molecule has 4 rings (SSSR count). The van der Waals surface area contributed by atoms with Gasteiger partial charge in [0.05, 0.1) is 6.54 Å². The Morgan fingerprint density at radius 3 is 2.65 bits per heavy atom. The van der Waals surface area contributed by atoms with Gasteiger partial charge in [0.25, 0.3) is 5.91 Å². The molecule has 130 valence electrons. The van der Waals surface area contributed by atoms with Gasteiger partial charge in [-0.25, -0.2) is 9.59 Å². The summed E-state index contributed by atoms with van der Waals surface area (Å²) in [6, 6.07) is 10.0. The third kappa shape index (κ3) is 2.73. The monoisotopic (exact) mass is 351 g/mol. The molecule has 8 heteroatoms. The summed E-state index contributed by atoms with van der Waals surface area (Å²) >= 11 is 0. The molecule has 0 radical (unpaired) electrons. The van der Waals surface area contributed by atoms with Crippen molar-refractivity contribution in [1.82, 2.24) is 15.2 Å². The highest BCUT2D eigenvalue weighted by atomic mass is 16.4. The van der Waals surface area contributed by atoms with Crippen LogP contribution in [0.2, 0.25) is 0 Å². The number of carboxylic acids is 1. The number of urea groups is 1. The number of fused-ring (bicyclic) bond motifs is 1. The minimum Gasteiger partial charge on any atom is -0.475 e. The lowest BCUT2D eigenvalue weighted by Gasteiger charge is -2.02. The molecule has 0 unspecified atom stereocenters. The van der Waals surface area contributed by atoms with Gasteiger partial charge in [-0.05, 0) is 24.3 Å². The standard InChI is InChI=1S/C18H13N3O5/c22-16-13(19-18(25)20-16)7-10-8-21(14-4-2-1-3-12(10)14)9-11-5-6-15(26-11)17(23)24/h1-8H,9H2,(H,23,24)(H2,19,20,22,25)/b13-7+. The largest absolute Gasteiger partial charge is 0.475 e. The molecule has 1 fully saturated rings. The zero-order valence-corrected chi connectivity index (χ0v) is 13.4. The van der Waals surface area contributed by atoms with Crippen molar-refractivity contribution >= 4 is 34.9 Å². The molecule has 3 N–H and O–H groups in total. The second-order valence-electron chi connectivity index (χ2n) is 5.77. The lowest BCUT2D eigenvalue weighted by Crippen LogP contribution is -2.22. The average molecular weight is 351 g/mol. The molecule has 8 nitrogen and oxygen atoms in total. The molecular weight excluding hydrogens is 338 g/mol. The highest BCUT2D eigenvalue weighted by Crippen LogP contribution is 2.25. The molecule has 0 aliphatic carbocycles. The van der Waals surface area contributed by atoms with E-state index in [9.17, 15) is 14.4 Å². The number of nitrogens with one attached hydrogen (secondary N) is 2. The number of amides is 3. The number of hydrogen-bond donors (Lipinski definition) is 3. The number of aromatic nitrogens is 1. The number of rotatable bonds is 4. The van der Waals surface area contributed by atoms with Gasteiger partial charge in [0.1, 0.15) is 11.5 Å². The Labute approximate surface area is 146 Å². The van der Waals surface area contributed by atoms with E-state index in [0.717, 1.165) is 16.5 Å². The van der Waals surface area contributed by atoms with Crippen molar-refractivity contribution in [3.05, 3.63) is 65.4 Å². The lowest BCUT2D eigenvalue weighted by molar-refractivity contribution is -0.115. The van der Waals surface area contributed by atoms with E-state index in [4.69, 9.17) is 9.52 Å². The van der Waals surface area contributed by atoms with Crippen molar-refractivity contribution in [2.24, 2.45) is 0 Å². The van der Waals surface area contributed by atoms with E-state index in [2.05, 4.69) is 10.6 Å². The van der Waals surface area contributed by atoms with Crippen molar-refractivity contribution < 1.29 is 23.9 Å². The SMILES string of the molecule is O=C1NC(=O)/C(=C\c2cn(Cc3ccc(C(=O)O)o3)c3ccccc23)N1. The number of imide groups is 1. The molecule has 0 saturated carbocycles. The fraction of sp³-hybridized carbons (Fsp3) is 0.0556. The minimum absolute atomic E-state index is 0.121. The molecule has 1 aliphatic heterocycles. The Hall–Kier alpha value is -3.81. The van der Waals surface area contributed by atoms with Gasteiger partial charge in [-0.3, -0.25) is 10.1 Å². The first-order chi connectivity index (χ1) is 12.5. The van der Waals surface area contributed by atoms with Crippen molar-refractivity contribution in [3.63, 3.8) is 0 Å². The van der Waals surface area contributed by atoms with E-state index in [1.165, 1.54) is 6.07 Å². The Morgan fingerprint density at radius 2 is 1.96 bits per heavy atom. The van der Waals surface area contributed by atoms with Crippen LogP contribution in [-0.4, -0.2) is 27.6 Å². The molecule has 26 heavy (non-hydrogen) atoms. The summed E-state index contributed by atoms with van der Waals surface area (Å²) in [5.41, 5.74) is 1.80. The van der Waals surface area contributed by atoms with Gasteiger partial charge in [0.2, 0.25) is 5.76 Å². The molecule has 3 amide bonds. The molecular formula is C18H13N3O5. The number of para-hydroxylation sites is 1. The number of carboxylic acid groups (broad SMARTS) is 1. The molecule has 3 heterocycles. The highest BCUT2D eigenvalue weighted by molar-refractivity contribution is 6.14. The van der Waals surface area contributed by atoms with Crippen molar-refractivity contribution in [3.8, 4) is 0 Å². The average Bonchev–Trinajstić information content (AvgIpc) is 3.28. The van der Waals surface area contributed by atoms with Crippen LogP contribution < -0.4 is 10.6 Å². The number of aromatic carboxylic acids is 1. The van der Waals surface area contributed by atoms with E-state index >= 15 is 0 Å². The van der Waals surface area contributed by atoms with Gasteiger partial charge in [0, 0.05) is 22.7 Å². The number of hydrogen-bond acceptors (Lipinski definition) is 4. The van der Waals surface area contributed by atoms with Crippen molar-refractivity contribution in [2.45, 2.75) is 6.54 Å². The topological polar surface area (TPSA) is 114 Å². The van der Waals surface area contributed by atoms with E-state index in [1.807, 2.05) is 35.0 Å². The Balaban J connectivity index is 1.74. The molecule has 2 aromatic heterocycles. The number of furan rings is 1. The maximum Gasteiger partial charge on any atom is 0.371 e. The molecule has 3 aromatic rings. The fourth-order valence-corrected chi connectivity index (χ4v) is 2.90. The van der Waals surface area contributed by atoms with Gasteiger partial charge >= 0.3 is 12.0 Å². The Morgan fingerprint density at radius 1 is 1.15 bits per heavy atom. The van der Waals surface area contributed by atoms with Crippen LogP contribution in [0.25, 0.3) is 17.0 Å². The molecule has 1 aromatic carbocycles. The van der Waals surface area contributed by atoms with Crippen LogP contribution in [0.1, 0.15) is 21.9 Å². The number of nitrogens with zero attached hydrogens (tertiary/aromatic N) is 1. The van der Waals surface area contributed by atoms with Crippen LogP contribution in [0.3, 0.4) is 0 Å². The van der Waals surface area contributed by atoms with Gasteiger partial charge in [-0.2, -0.15) is 0 Å². The van der Waals surface area contributed by atoms with Crippen LogP contribution in [0.4, 0.5) is 4.79 Å². The Kier molecular flexibility index (Phi) is 3.58. The molecule has 0 bridgehead atoms. The fourth-order valence-electron chi connectivity index (χ4n) is 2.90. The third-order valence-electron chi connectivity index (χ3n) is 4.04. The zero-order chi connectivity index (χ0) is 18.3. The lowest BCUT2D eigenvalue weighted by atomic mass is 10.1. The molecule has 1 saturated heterocycles. The van der Waals surface area contributed by atoms with E-state index < -0.39 is 17.9 Å². The van der Waals surface area contributed by atoms with Crippen LogP contribution in [0.5, 0.6) is 0 Å². The predicted molar refractivity (Wildman–Crippen MR) is 91.4 cm³/mol. The number of benzene rings is 1. The maximum atomic E-state index is 11.7. The van der Waals surface area contributed by atoms with Gasteiger partial charge in [0.15, 0.2) is 0 Å². The molecule has 1 aliphatic rings. The van der Waals surface area contributed by atoms with Gasteiger partial charge in [-0.1, -0.05) is 18.2 Å². The highest BCUT2D eigenvalue weighted by Gasteiger charge is 2.23. The predicted octanol–water partition coefficient (Wildman–Crippen LogP) is 2.16. The van der Waals surface area contributed by atoms with Gasteiger partial charge < -0.3 is 19.4 Å². The first-order valence-corrected chi connectivity index (χ1v) is 7.75. The summed E-state index contributed by atoms with van der Waals surface area (Å²) in [5.74, 6) is -1.23. The van der Waals surface area contributed by atoms with Crippen LogP contribution in [-0.2, 0) is 11.3 Å². The van der Waals surface area contributed by atoms with Crippen LogP contribution in [0, 0.1) is 0 Å². The summed E-state index contributed by atoms with van der Waals surface area (Å²) in [5, 5.41) is 14.5. The van der Waals surface area contributed by atoms with Gasteiger partial charge in [-0.15, -0.1) is 0 Å². The summed E-state index contributed by atoms with van der Waals surface area (Å²) in [6.07, 6.45) is 3.42. The smallest absolute Gasteiger partial charge is 0.371 e. The molecule has 0 spiro atoms. The van der Waals surface area contributed by atoms with E-state index in [1.54, 1.807) is 12.1 Å². The van der Waals surface area contributed by atoms with Crippen molar-refractivity contribution in [1.29, 1.82) is 0 Å². The second-order valence-corrected chi connectivity index (χ2v) is 5.77. The van der Waals surface area contributed by atoms with E-state index in [-0.39, 0.29) is 11.5 Å². The second kappa shape index (κ2) is 5.92. The summed E-state index contributed by atoms with van der Waals surface area (Å²) in [6.45, 7) is 0.329. The van der Waals surface area contributed by atoms with Crippen LogP contribution in [0.15, 0.2) is 52.7 Å². The quantitative estimate of drug-likeness (QED) is 0.492. The first kappa shape index (κ1) is 15.7. The summed E-state index contributed by atoms with van der Waals surface area (Å²) in [7, 11) is 0. The first-order valence-electron chi connectivity index (χ1n) is 7.75. The molecule has 0 atom stereocenters. The number of carbonyl (C=O) groups excluding carboxylic acids is 2.